The van der Waals surface area contributed by atoms with E-state index in [1.165, 1.54) is 11.3 Å². The van der Waals surface area contributed by atoms with Gasteiger partial charge in [-0.25, -0.2) is 9.78 Å². The van der Waals surface area contributed by atoms with Crippen molar-refractivity contribution in [3.8, 4) is 16.6 Å². The van der Waals surface area contributed by atoms with Crippen LogP contribution >= 0.6 is 11.3 Å². The molecule has 0 spiro atoms. The van der Waals surface area contributed by atoms with Gasteiger partial charge < -0.3 is 4.74 Å². The van der Waals surface area contributed by atoms with Crippen molar-refractivity contribution in [3.05, 3.63) is 76.8 Å². The minimum atomic E-state index is -0.467. The number of esters is 1. The zero-order valence-electron chi connectivity index (χ0n) is 12.1. The van der Waals surface area contributed by atoms with Crippen LogP contribution in [0.1, 0.15) is 21.6 Å². The highest BCUT2D eigenvalue weighted by molar-refractivity contribution is 7.13. The number of nitrogens with zero attached hydrogens (tertiary/aromatic N) is 2. The smallest absolute Gasteiger partial charge is 0.358 e. The van der Waals surface area contributed by atoms with E-state index in [1.54, 1.807) is 23.6 Å². The average molecular weight is 320 g/mol. The molecule has 1 heterocycles. The van der Waals surface area contributed by atoms with Crippen molar-refractivity contribution in [1.82, 2.24) is 4.98 Å². The van der Waals surface area contributed by atoms with Crippen LogP contribution < -0.4 is 0 Å². The molecule has 0 aliphatic carbocycles. The van der Waals surface area contributed by atoms with Gasteiger partial charge in [0.05, 0.1) is 11.6 Å². The number of carbonyl (C=O) groups excluding carboxylic acids is 1. The van der Waals surface area contributed by atoms with Crippen molar-refractivity contribution in [2.45, 2.75) is 6.61 Å². The number of benzene rings is 2. The highest BCUT2D eigenvalue weighted by Gasteiger charge is 2.13. The molecule has 23 heavy (non-hydrogen) atoms. The van der Waals surface area contributed by atoms with E-state index in [-0.39, 0.29) is 6.61 Å². The molecule has 4 nitrogen and oxygen atoms in total. The van der Waals surface area contributed by atoms with Gasteiger partial charge in [0.1, 0.15) is 11.6 Å². The van der Waals surface area contributed by atoms with Gasteiger partial charge in [0.25, 0.3) is 0 Å². The molecule has 0 aliphatic rings. The highest BCUT2D eigenvalue weighted by Crippen LogP contribution is 2.23. The van der Waals surface area contributed by atoms with Crippen LogP contribution in [0.4, 0.5) is 0 Å². The number of hydrogen-bond donors (Lipinski definition) is 0. The first-order valence-corrected chi connectivity index (χ1v) is 7.81. The van der Waals surface area contributed by atoms with Gasteiger partial charge in [-0.15, -0.1) is 11.3 Å². The summed E-state index contributed by atoms with van der Waals surface area (Å²) in [6.07, 6.45) is 0. The molecule has 0 radical (unpaired) electrons. The summed E-state index contributed by atoms with van der Waals surface area (Å²) < 4.78 is 5.26. The largest absolute Gasteiger partial charge is 0.456 e. The van der Waals surface area contributed by atoms with Gasteiger partial charge in [0, 0.05) is 10.9 Å². The summed E-state index contributed by atoms with van der Waals surface area (Å²) in [5, 5.41) is 11.3. The first kappa shape index (κ1) is 14.9. The van der Waals surface area contributed by atoms with Crippen LogP contribution in [-0.2, 0) is 11.3 Å². The first-order chi connectivity index (χ1) is 11.3. The topological polar surface area (TPSA) is 63.0 Å². The monoisotopic (exact) mass is 320 g/mol. The van der Waals surface area contributed by atoms with E-state index >= 15 is 0 Å². The standard InChI is InChI=1S/C18H12N2O2S/c19-10-13-5-4-6-14(9-13)11-22-18(21)16-12-23-17(20-16)15-7-2-1-3-8-15/h1-9,12H,11H2. The third kappa shape index (κ3) is 3.62. The lowest BCUT2D eigenvalue weighted by Gasteiger charge is -2.03. The SMILES string of the molecule is N#Cc1cccc(COC(=O)c2csc(-c3ccccc3)n2)c1. The molecule has 0 saturated carbocycles. The molecule has 112 valence electrons. The first-order valence-electron chi connectivity index (χ1n) is 6.93. The molecule has 0 amide bonds. The number of ether oxygens (including phenoxy) is 1. The number of aromatic nitrogens is 1. The summed E-state index contributed by atoms with van der Waals surface area (Å²) in [7, 11) is 0. The predicted molar refractivity (Wildman–Crippen MR) is 87.8 cm³/mol. The molecule has 0 atom stereocenters. The summed E-state index contributed by atoms with van der Waals surface area (Å²) in [6.45, 7) is 0.118. The summed E-state index contributed by atoms with van der Waals surface area (Å²) >= 11 is 1.40. The van der Waals surface area contributed by atoms with E-state index in [0.717, 1.165) is 16.1 Å². The van der Waals surface area contributed by atoms with E-state index in [0.29, 0.717) is 11.3 Å². The second-order valence-corrected chi connectivity index (χ2v) is 5.65. The summed E-state index contributed by atoms with van der Waals surface area (Å²) in [6, 6.07) is 18.7. The van der Waals surface area contributed by atoms with Gasteiger partial charge in [-0.05, 0) is 17.7 Å². The Kier molecular flexibility index (Phi) is 4.46. The van der Waals surface area contributed by atoms with Crippen molar-refractivity contribution in [1.29, 1.82) is 5.26 Å². The lowest BCUT2D eigenvalue weighted by Crippen LogP contribution is -2.05. The minimum Gasteiger partial charge on any atom is -0.456 e. The van der Waals surface area contributed by atoms with Gasteiger partial charge in [-0.3, -0.25) is 0 Å². The average Bonchev–Trinajstić information content (AvgIpc) is 3.11. The molecule has 1 aromatic heterocycles. The van der Waals surface area contributed by atoms with Gasteiger partial charge >= 0.3 is 5.97 Å². The van der Waals surface area contributed by atoms with E-state index in [9.17, 15) is 4.79 Å². The number of rotatable bonds is 4. The van der Waals surface area contributed by atoms with Crippen LogP contribution in [0.25, 0.3) is 10.6 Å². The van der Waals surface area contributed by atoms with Crippen LogP contribution in [0.15, 0.2) is 60.0 Å². The lowest BCUT2D eigenvalue weighted by molar-refractivity contribution is 0.0467. The fraction of sp³-hybridized carbons (Fsp3) is 0.0556. The molecular formula is C18H12N2O2S. The maximum absolute atomic E-state index is 12.1. The lowest BCUT2D eigenvalue weighted by atomic mass is 10.1. The van der Waals surface area contributed by atoms with Crippen LogP contribution in [0, 0.1) is 11.3 Å². The number of hydrogen-bond acceptors (Lipinski definition) is 5. The summed E-state index contributed by atoms with van der Waals surface area (Å²) in [5.74, 6) is -0.467. The molecular weight excluding hydrogens is 308 g/mol. The second kappa shape index (κ2) is 6.86. The third-order valence-corrected chi connectivity index (χ3v) is 4.05. The fourth-order valence-electron chi connectivity index (χ4n) is 2.03. The predicted octanol–water partition coefficient (Wildman–Crippen LogP) is 4.04. The maximum atomic E-state index is 12.1. The molecule has 0 fully saturated rings. The van der Waals surface area contributed by atoms with Crippen molar-refractivity contribution < 1.29 is 9.53 Å². The minimum absolute atomic E-state index is 0.118. The van der Waals surface area contributed by atoms with Gasteiger partial charge in [0.15, 0.2) is 5.69 Å². The summed E-state index contributed by atoms with van der Waals surface area (Å²) in [5.41, 5.74) is 2.58. The summed E-state index contributed by atoms with van der Waals surface area (Å²) in [4.78, 5) is 16.4. The molecule has 0 aliphatic heterocycles. The van der Waals surface area contributed by atoms with Crippen molar-refractivity contribution >= 4 is 17.3 Å². The van der Waals surface area contributed by atoms with Crippen molar-refractivity contribution in [3.63, 3.8) is 0 Å². The highest BCUT2D eigenvalue weighted by atomic mass is 32.1. The van der Waals surface area contributed by atoms with Crippen LogP contribution in [0.2, 0.25) is 0 Å². The Labute approximate surface area is 137 Å². The quantitative estimate of drug-likeness (QED) is 0.681. The maximum Gasteiger partial charge on any atom is 0.358 e. The number of nitriles is 1. The molecule has 2 aromatic carbocycles. The fourth-order valence-corrected chi connectivity index (χ4v) is 2.83. The zero-order valence-corrected chi connectivity index (χ0v) is 12.9. The normalized spacial score (nSPS) is 10.0. The Balaban J connectivity index is 1.67. The van der Waals surface area contributed by atoms with Gasteiger partial charge in [-0.2, -0.15) is 5.26 Å². The van der Waals surface area contributed by atoms with Gasteiger partial charge in [0.2, 0.25) is 0 Å². The van der Waals surface area contributed by atoms with Crippen molar-refractivity contribution in [2.24, 2.45) is 0 Å². The van der Waals surface area contributed by atoms with E-state index < -0.39 is 5.97 Å². The Morgan fingerprint density at radius 2 is 2.00 bits per heavy atom. The van der Waals surface area contributed by atoms with E-state index in [2.05, 4.69) is 11.1 Å². The molecule has 3 rings (SSSR count). The van der Waals surface area contributed by atoms with Gasteiger partial charge in [-0.1, -0.05) is 42.5 Å². The van der Waals surface area contributed by atoms with Crippen LogP contribution in [0.3, 0.4) is 0 Å². The molecule has 0 unspecified atom stereocenters. The molecule has 5 heteroatoms. The Morgan fingerprint density at radius 3 is 2.78 bits per heavy atom. The Hall–Kier alpha value is -2.97. The van der Waals surface area contributed by atoms with E-state index in [4.69, 9.17) is 10.00 Å². The number of thiazole rings is 1. The van der Waals surface area contributed by atoms with Crippen LogP contribution in [0.5, 0.6) is 0 Å². The zero-order chi connectivity index (χ0) is 16.1. The second-order valence-electron chi connectivity index (χ2n) is 4.79. The molecule has 0 N–H and O–H groups in total. The Bertz CT molecular complexity index is 866. The van der Waals surface area contributed by atoms with E-state index in [1.807, 2.05) is 36.4 Å². The number of carbonyl (C=O) groups is 1. The molecule has 0 bridgehead atoms. The third-order valence-electron chi connectivity index (χ3n) is 3.16. The molecule has 3 aromatic rings. The van der Waals surface area contributed by atoms with Crippen LogP contribution in [-0.4, -0.2) is 11.0 Å². The Morgan fingerprint density at radius 1 is 1.17 bits per heavy atom. The molecule has 0 saturated heterocycles. The van der Waals surface area contributed by atoms with Crippen molar-refractivity contribution in [2.75, 3.05) is 0 Å².